The molecule has 0 atom stereocenters. The van der Waals surface area contributed by atoms with Crippen LogP contribution in [0.25, 0.3) is 21.9 Å². The maximum atomic E-state index is 12.7. The summed E-state index contributed by atoms with van der Waals surface area (Å²) in [5.41, 5.74) is 3.09. The monoisotopic (exact) mass is 300 g/mol. The number of carbonyl (C=O) groups is 2. The molecule has 0 amide bonds. The van der Waals surface area contributed by atoms with Crippen molar-refractivity contribution in [2.24, 2.45) is 0 Å². The minimum Gasteiger partial charge on any atom is -0.294 e. The molecule has 4 rings (SSSR count). The summed E-state index contributed by atoms with van der Waals surface area (Å²) in [7, 11) is 0. The van der Waals surface area contributed by atoms with Crippen LogP contribution in [0.1, 0.15) is 40.0 Å². The van der Waals surface area contributed by atoms with Crippen LogP contribution in [-0.2, 0) is 0 Å². The summed E-state index contributed by atoms with van der Waals surface area (Å²) >= 11 is 0. The summed E-state index contributed by atoms with van der Waals surface area (Å²) in [6.45, 7) is 0. The van der Waals surface area contributed by atoms with Crippen LogP contribution in [-0.4, -0.2) is 11.6 Å². The lowest BCUT2D eigenvalue weighted by atomic mass is 9.87. The lowest BCUT2D eigenvalue weighted by molar-refractivity contribution is 0.0981. The van der Waals surface area contributed by atoms with Crippen molar-refractivity contribution in [1.82, 2.24) is 0 Å². The summed E-state index contributed by atoms with van der Waals surface area (Å²) in [6.07, 6.45) is 1.53. The average molecular weight is 300 g/mol. The van der Waals surface area contributed by atoms with E-state index in [-0.39, 0.29) is 11.6 Å². The lowest BCUT2D eigenvalue weighted by Gasteiger charge is -2.15. The second-order valence-corrected chi connectivity index (χ2v) is 5.96. The highest BCUT2D eigenvalue weighted by Gasteiger charge is 2.26. The molecule has 0 fully saturated rings. The molecule has 0 aromatic heterocycles. The van der Waals surface area contributed by atoms with Crippen molar-refractivity contribution < 1.29 is 9.59 Å². The minimum atomic E-state index is 0.0776. The van der Waals surface area contributed by atoms with Gasteiger partial charge in [0.25, 0.3) is 0 Å². The van der Waals surface area contributed by atoms with E-state index in [0.29, 0.717) is 30.4 Å². The Bertz CT molecular complexity index is 923. The van der Waals surface area contributed by atoms with Gasteiger partial charge in [-0.05, 0) is 28.8 Å². The average Bonchev–Trinajstić information content (AvgIpc) is 2.73. The number of benzene rings is 3. The van der Waals surface area contributed by atoms with Gasteiger partial charge in [-0.25, -0.2) is 0 Å². The van der Waals surface area contributed by atoms with E-state index >= 15 is 0 Å². The van der Waals surface area contributed by atoms with Crippen LogP contribution in [0, 0.1) is 0 Å². The van der Waals surface area contributed by atoms with Gasteiger partial charge in [-0.15, -0.1) is 0 Å². The smallest absolute Gasteiger partial charge is 0.164 e. The molecule has 3 aromatic carbocycles. The number of rotatable bonds is 1. The summed E-state index contributed by atoms with van der Waals surface area (Å²) in [6, 6.07) is 19.8. The van der Waals surface area contributed by atoms with E-state index in [1.807, 2.05) is 60.7 Å². The zero-order valence-corrected chi connectivity index (χ0v) is 12.7. The van der Waals surface area contributed by atoms with Gasteiger partial charge in [0.1, 0.15) is 0 Å². The van der Waals surface area contributed by atoms with Gasteiger partial charge in [-0.2, -0.15) is 0 Å². The third kappa shape index (κ3) is 2.27. The van der Waals surface area contributed by atoms with Gasteiger partial charge in [-0.1, -0.05) is 54.6 Å². The molecule has 3 aromatic rings. The van der Waals surface area contributed by atoms with Crippen molar-refractivity contribution in [3.05, 3.63) is 71.8 Å². The molecule has 23 heavy (non-hydrogen) atoms. The molecular weight excluding hydrogens is 284 g/mol. The first kappa shape index (κ1) is 13.9. The van der Waals surface area contributed by atoms with Gasteiger partial charge in [0, 0.05) is 29.5 Å². The highest BCUT2D eigenvalue weighted by molar-refractivity contribution is 6.19. The third-order valence-electron chi connectivity index (χ3n) is 4.50. The standard InChI is InChI=1S/C21H16O2/c22-18-11-6-12-19(23)21-17(18)13-15-9-4-5-10-16(15)20(21)14-7-2-1-3-8-14/h1-5,7-10,13H,6,11-12H2. The van der Waals surface area contributed by atoms with Crippen LogP contribution in [0.3, 0.4) is 0 Å². The molecule has 0 saturated heterocycles. The Hall–Kier alpha value is -2.74. The SMILES string of the molecule is O=C1CCCC(=O)c2c1cc1ccccc1c2-c1ccccc1. The minimum absolute atomic E-state index is 0.0776. The van der Waals surface area contributed by atoms with E-state index in [1.54, 1.807) is 0 Å². The maximum absolute atomic E-state index is 12.7. The van der Waals surface area contributed by atoms with Gasteiger partial charge in [0.2, 0.25) is 0 Å². The van der Waals surface area contributed by atoms with E-state index in [4.69, 9.17) is 0 Å². The summed E-state index contributed by atoms with van der Waals surface area (Å²) < 4.78 is 0. The van der Waals surface area contributed by atoms with E-state index in [0.717, 1.165) is 21.9 Å². The molecule has 0 spiro atoms. The number of fused-ring (bicyclic) bond motifs is 2. The Balaban J connectivity index is 2.17. The topological polar surface area (TPSA) is 34.1 Å². The highest BCUT2D eigenvalue weighted by Crippen LogP contribution is 2.37. The summed E-state index contributed by atoms with van der Waals surface area (Å²) in [5, 5.41) is 2.04. The van der Waals surface area contributed by atoms with Gasteiger partial charge in [0.05, 0.1) is 0 Å². The molecule has 0 bridgehead atoms. The fraction of sp³-hybridized carbons (Fsp3) is 0.143. The normalized spacial score (nSPS) is 14.6. The number of Topliss-reactive ketones (excluding diaryl/α,β-unsaturated/α-hetero) is 2. The predicted octanol–water partition coefficient (Wildman–Crippen LogP) is 5.06. The molecule has 112 valence electrons. The molecule has 2 nitrogen and oxygen atoms in total. The number of ketones is 2. The van der Waals surface area contributed by atoms with Gasteiger partial charge >= 0.3 is 0 Å². The van der Waals surface area contributed by atoms with Crippen molar-refractivity contribution in [2.75, 3.05) is 0 Å². The van der Waals surface area contributed by atoms with Crippen LogP contribution in [0.2, 0.25) is 0 Å². The Morgan fingerprint density at radius 3 is 2.22 bits per heavy atom. The fourth-order valence-corrected chi connectivity index (χ4v) is 3.43. The van der Waals surface area contributed by atoms with Gasteiger partial charge in [0.15, 0.2) is 11.6 Å². The van der Waals surface area contributed by atoms with E-state index in [9.17, 15) is 9.59 Å². The van der Waals surface area contributed by atoms with Gasteiger partial charge < -0.3 is 0 Å². The van der Waals surface area contributed by atoms with Crippen LogP contribution in [0.5, 0.6) is 0 Å². The first-order valence-corrected chi connectivity index (χ1v) is 7.93. The van der Waals surface area contributed by atoms with Crippen molar-refractivity contribution in [3.8, 4) is 11.1 Å². The maximum Gasteiger partial charge on any atom is 0.164 e. The molecule has 2 heteroatoms. The van der Waals surface area contributed by atoms with E-state index in [2.05, 4.69) is 0 Å². The Labute approximate surface area is 134 Å². The molecule has 0 saturated carbocycles. The quantitative estimate of drug-likeness (QED) is 0.589. The van der Waals surface area contributed by atoms with E-state index in [1.165, 1.54) is 0 Å². The Kier molecular flexibility index (Phi) is 3.30. The Morgan fingerprint density at radius 1 is 0.696 bits per heavy atom. The summed E-state index contributed by atoms with van der Waals surface area (Å²) in [5.74, 6) is 0.157. The highest BCUT2D eigenvalue weighted by atomic mass is 16.1. The zero-order chi connectivity index (χ0) is 15.8. The first-order chi connectivity index (χ1) is 11.3. The van der Waals surface area contributed by atoms with Crippen LogP contribution in [0.4, 0.5) is 0 Å². The molecule has 1 aliphatic rings. The van der Waals surface area contributed by atoms with Crippen molar-refractivity contribution in [1.29, 1.82) is 0 Å². The summed E-state index contributed by atoms with van der Waals surface area (Å²) in [4.78, 5) is 25.3. The second kappa shape index (κ2) is 5.47. The molecule has 0 N–H and O–H groups in total. The molecule has 1 aliphatic carbocycles. The molecule has 0 aliphatic heterocycles. The van der Waals surface area contributed by atoms with Crippen LogP contribution >= 0.6 is 0 Å². The van der Waals surface area contributed by atoms with Crippen molar-refractivity contribution >= 4 is 22.3 Å². The molecule has 0 radical (unpaired) electrons. The number of hydrogen-bond donors (Lipinski definition) is 0. The van der Waals surface area contributed by atoms with Crippen LogP contribution in [0.15, 0.2) is 60.7 Å². The zero-order valence-electron chi connectivity index (χ0n) is 12.7. The largest absolute Gasteiger partial charge is 0.294 e. The Morgan fingerprint density at radius 2 is 1.39 bits per heavy atom. The fourth-order valence-electron chi connectivity index (χ4n) is 3.43. The van der Waals surface area contributed by atoms with Gasteiger partial charge in [-0.3, -0.25) is 9.59 Å². The second-order valence-electron chi connectivity index (χ2n) is 5.96. The number of hydrogen-bond acceptors (Lipinski definition) is 2. The predicted molar refractivity (Wildman–Crippen MR) is 91.9 cm³/mol. The first-order valence-electron chi connectivity index (χ1n) is 7.93. The number of carbonyl (C=O) groups excluding carboxylic acids is 2. The van der Waals surface area contributed by atoms with Crippen molar-refractivity contribution in [3.63, 3.8) is 0 Å². The third-order valence-corrected chi connectivity index (χ3v) is 4.50. The molecule has 0 unspecified atom stereocenters. The van der Waals surface area contributed by atoms with E-state index < -0.39 is 0 Å². The molecule has 0 heterocycles. The lowest BCUT2D eigenvalue weighted by Crippen LogP contribution is -2.07. The van der Waals surface area contributed by atoms with Crippen LogP contribution < -0.4 is 0 Å². The van der Waals surface area contributed by atoms with Crippen molar-refractivity contribution in [2.45, 2.75) is 19.3 Å². The molecular formula is C21H16O2.